The monoisotopic (exact) mass is 245 g/mol. The first-order valence-corrected chi connectivity index (χ1v) is 4.35. The molecule has 83 valence electrons. The standard InChI is InChI=1S/C8H3F6S/c9-7(10,11)5-2-1-3-6(4-5)15-8(12,13)14/h1,3-4H. The van der Waals surface area contributed by atoms with Crippen molar-refractivity contribution in [3.05, 3.63) is 29.8 Å². The van der Waals surface area contributed by atoms with Crippen molar-refractivity contribution in [3.8, 4) is 0 Å². The highest BCUT2D eigenvalue weighted by Crippen LogP contribution is 2.39. The Labute approximate surface area is 85.3 Å². The second-order valence-electron chi connectivity index (χ2n) is 2.48. The Kier molecular flexibility index (Phi) is 3.22. The molecule has 1 aromatic carbocycles. The fraction of sp³-hybridized carbons (Fsp3) is 0.250. The van der Waals surface area contributed by atoms with Crippen molar-refractivity contribution >= 4 is 11.8 Å². The first-order chi connectivity index (χ1) is 6.68. The lowest BCUT2D eigenvalue weighted by Crippen LogP contribution is -2.05. The summed E-state index contributed by atoms with van der Waals surface area (Å²) in [5, 5.41) is 0. The quantitative estimate of drug-likeness (QED) is 0.529. The van der Waals surface area contributed by atoms with Gasteiger partial charge in [0.25, 0.3) is 0 Å². The first kappa shape index (κ1) is 12.2. The molecule has 0 amide bonds. The molecule has 1 aromatic rings. The summed E-state index contributed by atoms with van der Waals surface area (Å²) in [5.74, 6) is 0. The molecule has 1 rings (SSSR count). The van der Waals surface area contributed by atoms with Crippen molar-refractivity contribution in [3.63, 3.8) is 0 Å². The van der Waals surface area contributed by atoms with Crippen LogP contribution in [0.2, 0.25) is 0 Å². The van der Waals surface area contributed by atoms with Crippen LogP contribution in [0.3, 0.4) is 0 Å². The normalized spacial score (nSPS) is 12.9. The van der Waals surface area contributed by atoms with Gasteiger partial charge in [-0.15, -0.1) is 0 Å². The average Bonchev–Trinajstić information content (AvgIpc) is 1.99. The highest BCUT2D eigenvalue weighted by Gasteiger charge is 2.33. The molecule has 0 heterocycles. The Bertz CT molecular complexity index is 340. The minimum atomic E-state index is -4.68. The summed E-state index contributed by atoms with van der Waals surface area (Å²) in [6, 6.07) is 3.98. The lowest BCUT2D eigenvalue weighted by Gasteiger charge is -2.09. The van der Waals surface area contributed by atoms with E-state index in [0.29, 0.717) is 6.07 Å². The molecule has 15 heavy (non-hydrogen) atoms. The summed E-state index contributed by atoms with van der Waals surface area (Å²) in [7, 11) is 0. The molecule has 1 radical (unpaired) electrons. The Morgan fingerprint density at radius 2 is 1.67 bits per heavy atom. The van der Waals surface area contributed by atoms with E-state index in [1.807, 2.05) is 6.07 Å². The zero-order valence-electron chi connectivity index (χ0n) is 6.91. The van der Waals surface area contributed by atoms with Gasteiger partial charge in [0.1, 0.15) is 0 Å². The summed E-state index contributed by atoms with van der Waals surface area (Å²) >= 11 is -0.589. The highest BCUT2D eigenvalue weighted by atomic mass is 32.2. The van der Waals surface area contributed by atoms with Gasteiger partial charge in [-0.25, -0.2) is 0 Å². The van der Waals surface area contributed by atoms with Crippen molar-refractivity contribution in [1.82, 2.24) is 0 Å². The number of thioether (sulfide) groups is 1. The lowest BCUT2D eigenvalue weighted by molar-refractivity contribution is -0.138. The van der Waals surface area contributed by atoms with Crippen molar-refractivity contribution in [1.29, 1.82) is 0 Å². The summed E-state index contributed by atoms with van der Waals surface area (Å²) in [4.78, 5) is -0.506. The third-order valence-electron chi connectivity index (χ3n) is 1.31. The van der Waals surface area contributed by atoms with E-state index in [2.05, 4.69) is 0 Å². The largest absolute Gasteiger partial charge is 0.446 e. The number of hydrogen-bond acceptors (Lipinski definition) is 1. The summed E-state index contributed by atoms with van der Waals surface area (Å²) < 4.78 is 71.8. The van der Waals surface area contributed by atoms with Crippen molar-refractivity contribution in [2.45, 2.75) is 16.6 Å². The van der Waals surface area contributed by atoms with Crippen LogP contribution in [-0.4, -0.2) is 5.51 Å². The lowest BCUT2D eigenvalue weighted by atomic mass is 10.2. The molecule has 0 fully saturated rings. The maximum atomic E-state index is 12.1. The number of hydrogen-bond donors (Lipinski definition) is 0. The minimum Gasteiger partial charge on any atom is -0.166 e. The first-order valence-electron chi connectivity index (χ1n) is 3.53. The predicted octanol–water partition coefficient (Wildman–Crippen LogP) is 4.12. The molecular weight excluding hydrogens is 242 g/mol. The van der Waals surface area contributed by atoms with Gasteiger partial charge in [0, 0.05) is 4.90 Å². The maximum Gasteiger partial charge on any atom is 0.446 e. The van der Waals surface area contributed by atoms with Crippen LogP contribution in [0.4, 0.5) is 26.3 Å². The smallest absolute Gasteiger partial charge is 0.166 e. The van der Waals surface area contributed by atoms with Crippen LogP contribution in [0.1, 0.15) is 5.56 Å². The molecule has 0 aliphatic carbocycles. The van der Waals surface area contributed by atoms with Gasteiger partial charge in [-0.2, -0.15) is 26.3 Å². The molecule has 0 aliphatic heterocycles. The van der Waals surface area contributed by atoms with E-state index in [1.54, 1.807) is 0 Å². The third kappa shape index (κ3) is 4.03. The van der Waals surface area contributed by atoms with E-state index in [4.69, 9.17) is 0 Å². The molecule has 0 bridgehead atoms. The maximum absolute atomic E-state index is 12.1. The molecule has 0 spiro atoms. The summed E-state index contributed by atoms with van der Waals surface area (Å²) in [5.41, 5.74) is -5.80. The Morgan fingerprint density at radius 3 is 2.13 bits per heavy atom. The highest BCUT2D eigenvalue weighted by molar-refractivity contribution is 8.00. The molecule has 0 aromatic heterocycles. The zero-order valence-corrected chi connectivity index (χ0v) is 7.72. The van der Waals surface area contributed by atoms with E-state index >= 15 is 0 Å². The topological polar surface area (TPSA) is 0 Å². The van der Waals surface area contributed by atoms with Gasteiger partial charge in [-0.05, 0) is 30.0 Å². The van der Waals surface area contributed by atoms with E-state index in [1.165, 1.54) is 0 Å². The van der Waals surface area contributed by atoms with Crippen LogP contribution in [-0.2, 0) is 6.18 Å². The molecule has 0 saturated heterocycles. The SMILES string of the molecule is FC(F)(F)Sc1cc[c]c(C(F)(F)F)c1. The van der Waals surface area contributed by atoms with Crippen LogP contribution in [0, 0.1) is 6.07 Å². The van der Waals surface area contributed by atoms with E-state index < -0.39 is 33.9 Å². The molecular formula is C8H3F6S. The van der Waals surface area contributed by atoms with Gasteiger partial charge in [0.2, 0.25) is 0 Å². The van der Waals surface area contributed by atoms with Gasteiger partial charge in [0.05, 0.1) is 5.56 Å². The van der Waals surface area contributed by atoms with Crippen LogP contribution in [0.15, 0.2) is 23.1 Å². The second kappa shape index (κ2) is 3.96. The molecule has 7 heteroatoms. The molecule has 0 nitrogen and oxygen atoms in total. The van der Waals surface area contributed by atoms with Gasteiger partial charge in [-0.3, -0.25) is 0 Å². The number of alkyl halides is 6. The van der Waals surface area contributed by atoms with Crippen LogP contribution in [0.25, 0.3) is 0 Å². The number of benzene rings is 1. The zero-order chi connectivity index (χ0) is 11.7. The summed E-state index contributed by atoms with van der Waals surface area (Å²) in [6.45, 7) is 0. The molecule has 0 unspecified atom stereocenters. The van der Waals surface area contributed by atoms with Crippen LogP contribution < -0.4 is 0 Å². The third-order valence-corrected chi connectivity index (χ3v) is 2.03. The van der Waals surface area contributed by atoms with Crippen molar-refractivity contribution in [2.75, 3.05) is 0 Å². The van der Waals surface area contributed by atoms with Crippen molar-refractivity contribution < 1.29 is 26.3 Å². The Hall–Kier alpha value is -0.850. The van der Waals surface area contributed by atoms with Crippen molar-refractivity contribution in [2.24, 2.45) is 0 Å². The van der Waals surface area contributed by atoms with E-state index in [-0.39, 0.29) is 0 Å². The fourth-order valence-corrected chi connectivity index (χ4v) is 1.39. The van der Waals surface area contributed by atoms with E-state index in [9.17, 15) is 26.3 Å². The summed E-state index contributed by atoms with van der Waals surface area (Å²) in [6.07, 6.45) is -4.68. The molecule has 0 atom stereocenters. The predicted molar refractivity (Wildman–Crippen MR) is 42.2 cm³/mol. The number of halogens is 6. The van der Waals surface area contributed by atoms with Gasteiger partial charge in [0.15, 0.2) is 0 Å². The van der Waals surface area contributed by atoms with Crippen LogP contribution >= 0.6 is 11.8 Å². The minimum absolute atomic E-state index is 0.415. The second-order valence-corrected chi connectivity index (χ2v) is 3.62. The van der Waals surface area contributed by atoms with E-state index in [0.717, 1.165) is 12.1 Å². The molecule has 0 saturated carbocycles. The van der Waals surface area contributed by atoms with Gasteiger partial charge in [-0.1, -0.05) is 6.07 Å². The molecule has 0 N–H and O–H groups in total. The van der Waals surface area contributed by atoms with Crippen LogP contribution in [0.5, 0.6) is 0 Å². The van der Waals surface area contributed by atoms with Gasteiger partial charge >= 0.3 is 11.7 Å². The molecule has 0 aliphatic rings. The number of rotatable bonds is 1. The Balaban J connectivity index is 2.94. The van der Waals surface area contributed by atoms with Gasteiger partial charge < -0.3 is 0 Å². The Morgan fingerprint density at radius 1 is 1.07 bits per heavy atom. The average molecular weight is 245 g/mol. The fourth-order valence-electron chi connectivity index (χ4n) is 0.806.